The van der Waals surface area contributed by atoms with Gasteiger partial charge in [-0.2, -0.15) is 9.97 Å². The van der Waals surface area contributed by atoms with Crippen LogP contribution in [-0.2, 0) is 6.42 Å². The molecule has 0 spiro atoms. The van der Waals surface area contributed by atoms with Crippen LogP contribution in [0.15, 0.2) is 10.6 Å². The molecule has 0 bridgehead atoms. The molecule has 7 nitrogen and oxygen atoms in total. The molecular weight excluding hydrogens is 292 g/mol. The lowest BCUT2D eigenvalue weighted by molar-refractivity contribution is 0.369. The van der Waals surface area contributed by atoms with Gasteiger partial charge in [0, 0.05) is 32.5 Å². The van der Waals surface area contributed by atoms with Gasteiger partial charge in [-0.25, -0.2) is 4.98 Å². The van der Waals surface area contributed by atoms with E-state index in [4.69, 9.17) is 21.9 Å². The van der Waals surface area contributed by atoms with E-state index in [1.165, 1.54) is 0 Å². The molecule has 2 N–H and O–H groups in total. The van der Waals surface area contributed by atoms with Crippen molar-refractivity contribution in [2.75, 3.05) is 23.7 Å². The normalized spacial score (nSPS) is 19.0. The van der Waals surface area contributed by atoms with E-state index in [2.05, 4.69) is 25.0 Å². The first kappa shape index (κ1) is 14.1. The number of halogens is 1. The van der Waals surface area contributed by atoms with E-state index in [1.807, 2.05) is 0 Å². The molecule has 112 valence electrons. The van der Waals surface area contributed by atoms with Crippen LogP contribution in [0.25, 0.3) is 0 Å². The van der Waals surface area contributed by atoms with Gasteiger partial charge >= 0.3 is 0 Å². The second kappa shape index (κ2) is 5.85. The molecular formula is C13H17ClN6O. The van der Waals surface area contributed by atoms with E-state index >= 15 is 0 Å². The van der Waals surface area contributed by atoms with Crippen molar-refractivity contribution < 1.29 is 4.52 Å². The summed E-state index contributed by atoms with van der Waals surface area (Å²) in [5, 5.41) is 4.33. The van der Waals surface area contributed by atoms with Crippen LogP contribution < -0.4 is 10.6 Å². The third-order valence-electron chi connectivity index (χ3n) is 3.58. The average Bonchev–Trinajstić information content (AvgIpc) is 2.83. The van der Waals surface area contributed by atoms with Gasteiger partial charge in [-0.3, -0.25) is 0 Å². The van der Waals surface area contributed by atoms with Crippen LogP contribution >= 0.6 is 11.6 Å². The molecule has 3 rings (SSSR count). The lowest BCUT2D eigenvalue weighted by Gasteiger charge is -2.33. The van der Waals surface area contributed by atoms with Crippen LogP contribution in [0.1, 0.15) is 24.6 Å². The second-order valence-electron chi connectivity index (χ2n) is 5.30. The monoisotopic (exact) mass is 308 g/mol. The smallest absolute Gasteiger partial charge is 0.223 e. The third kappa shape index (κ3) is 3.41. The predicted molar refractivity (Wildman–Crippen MR) is 79.1 cm³/mol. The highest BCUT2D eigenvalue weighted by atomic mass is 35.5. The Morgan fingerprint density at radius 2 is 2.29 bits per heavy atom. The Labute approximate surface area is 127 Å². The fraction of sp³-hybridized carbons (Fsp3) is 0.538. The number of anilines is 2. The highest BCUT2D eigenvalue weighted by molar-refractivity contribution is 6.29. The van der Waals surface area contributed by atoms with Gasteiger partial charge in [-0.1, -0.05) is 16.8 Å². The van der Waals surface area contributed by atoms with Crippen molar-refractivity contribution in [2.24, 2.45) is 5.92 Å². The zero-order valence-corrected chi connectivity index (χ0v) is 12.5. The van der Waals surface area contributed by atoms with Gasteiger partial charge in [-0.15, -0.1) is 0 Å². The second-order valence-corrected chi connectivity index (χ2v) is 5.68. The largest absolute Gasteiger partial charge is 0.368 e. The number of nitrogens with two attached hydrogens (primary N) is 1. The molecule has 1 saturated heterocycles. The quantitative estimate of drug-likeness (QED) is 0.865. The Bertz CT molecular complexity index is 611. The van der Waals surface area contributed by atoms with Crippen molar-refractivity contribution >= 4 is 23.4 Å². The van der Waals surface area contributed by atoms with Gasteiger partial charge in [0.2, 0.25) is 11.8 Å². The highest BCUT2D eigenvalue weighted by Crippen LogP contribution is 2.25. The van der Waals surface area contributed by atoms with Gasteiger partial charge < -0.3 is 15.2 Å². The summed E-state index contributed by atoms with van der Waals surface area (Å²) >= 11 is 5.95. The molecule has 3 heterocycles. The standard InChI is InChI=1S/C13H17ClN6O/c1-8-16-11(19-21-8)5-9-3-2-4-20(7-9)12-6-10(14)17-13(15)18-12/h6,9H,2-5,7H2,1H3,(H2,15,17,18). The van der Waals surface area contributed by atoms with Crippen molar-refractivity contribution in [3.63, 3.8) is 0 Å². The molecule has 1 atom stereocenters. The molecule has 1 fully saturated rings. The summed E-state index contributed by atoms with van der Waals surface area (Å²) in [4.78, 5) is 14.6. The summed E-state index contributed by atoms with van der Waals surface area (Å²) in [5.41, 5.74) is 5.66. The number of nitrogen functional groups attached to an aromatic ring is 1. The molecule has 2 aromatic rings. The summed E-state index contributed by atoms with van der Waals surface area (Å²) in [6.45, 7) is 3.62. The molecule has 0 radical (unpaired) electrons. The molecule has 0 aromatic carbocycles. The Balaban J connectivity index is 1.70. The minimum absolute atomic E-state index is 0.202. The molecule has 0 amide bonds. The molecule has 1 aliphatic heterocycles. The van der Waals surface area contributed by atoms with Gasteiger partial charge in [-0.05, 0) is 18.8 Å². The maximum absolute atomic E-state index is 5.95. The van der Waals surface area contributed by atoms with Gasteiger partial charge in [0.25, 0.3) is 0 Å². The van der Waals surface area contributed by atoms with E-state index in [9.17, 15) is 0 Å². The van der Waals surface area contributed by atoms with E-state index < -0.39 is 0 Å². The van der Waals surface area contributed by atoms with E-state index in [1.54, 1.807) is 13.0 Å². The number of piperidine rings is 1. The van der Waals surface area contributed by atoms with E-state index in [0.29, 0.717) is 17.0 Å². The maximum atomic E-state index is 5.95. The predicted octanol–water partition coefficient (Wildman–Crippen LogP) is 1.86. The van der Waals surface area contributed by atoms with Crippen molar-refractivity contribution in [1.29, 1.82) is 0 Å². The lowest BCUT2D eigenvalue weighted by Crippen LogP contribution is -2.37. The van der Waals surface area contributed by atoms with Crippen LogP contribution in [0.5, 0.6) is 0 Å². The van der Waals surface area contributed by atoms with E-state index in [-0.39, 0.29) is 5.95 Å². The number of rotatable bonds is 3. The number of hydrogen-bond acceptors (Lipinski definition) is 7. The minimum Gasteiger partial charge on any atom is -0.368 e. The zero-order chi connectivity index (χ0) is 14.8. The van der Waals surface area contributed by atoms with Gasteiger partial charge in [0.05, 0.1) is 0 Å². The van der Waals surface area contributed by atoms with Crippen LogP contribution in [0.3, 0.4) is 0 Å². The first-order valence-electron chi connectivity index (χ1n) is 6.94. The first-order valence-corrected chi connectivity index (χ1v) is 7.32. The summed E-state index contributed by atoms with van der Waals surface area (Å²) in [6, 6.07) is 1.75. The Kier molecular flexibility index (Phi) is 3.92. The number of aromatic nitrogens is 4. The van der Waals surface area contributed by atoms with Gasteiger partial charge in [0.1, 0.15) is 11.0 Å². The summed E-state index contributed by atoms with van der Waals surface area (Å²) in [7, 11) is 0. The lowest BCUT2D eigenvalue weighted by atomic mass is 9.94. The van der Waals surface area contributed by atoms with Crippen LogP contribution in [0.2, 0.25) is 5.15 Å². The summed E-state index contributed by atoms with van der Waals surface area (Å²) in [6.07, 6.45) is 3.03. The summed E-state index contributed by atoms with van der Waals surface area (Å²) in [5.74, 6) is 2.81. The highest BCUT2D eigenvalue weighted by Gasteiger charge is 2.23. The summed E-state index contributed by atoms with van der Waals surface area (Å²) < 4.78 is 5.02. The molecule has 21 heavy (non-hydrogen) atoms. The van der Waals surface area contributed by atoms with E-state index in [0.717, 1.165) is 44.0 Å². The van der Waals surface area contributed by atoms with Gasteiger partial charge in [0.15, 0.2) is 5.82 Å². The SMILES string of the molecule is Cc1nc(CC2CCCN(c3cc(Cl)nc(N)n3)C2)no1. The number of hydrogen-bond donors (Lipinski definition) is 1. The maximum Gasteiger partial charge on any atom is 0.223 e. The molecule has 0 aliphatic carbocycles. The zero-order valence-electron chi connectivity index (χ0n) is 11.8. The van der Waals surface area contributed by atoms with Crippen LogP contribution in [0.4, 0.5) is 11.8 Å². The Morgan fingerprint density at radius 1 is 1.43 bits per heavy atom. The molecule has 1 unspecified atom stereocenters. The Hall–Kier alpha value is -1.89. The molecule has 1 aliphatic rings. The number of nitrogens with zero attached hydrogens (tertiary/aromatic N) is 5. The first-order chi connectivity index (χ1) is 10.1. The minimum atomic E-state index is 0.202. The molecule has 8 heteroatoms. The third-order valence-corrected chi connectivity index (χ3v) is 3.78. The number of aryl methyl sites for hydroxylation is 1. The van der Waals surface area contributed by atoms with Crippen molar-refractivity contribution in [2.45, 2.75) is 26.2 Å². The van der Waals surface area contributed by atoms with Crippen molar-refractivity contribution in [3.8, 4) is 0 Å². The van der Waals surface area contributed by atoms with Crippen LogP contribution in [0, 0.1) is 12.8 Å². The van der Waals surface area contributed by atoms with Crippen molar-refractivity contribution in [1.82, 2.24) is 20.1 Å². The fourth-order valence-corrected chi connectivity index (χ4v) is 2.89. The molecule has 0 saturated carbocycles. The topological polar surface area (TPSA) is 94.0 Å². The molecule has 2 aromatic heterocycles. The Morgan fingerprint density at radius 3 is 3.00 bits per heavy atom. The average molecular weight is 309 g/mol. The fourth-order valence-electron chi connectivity index (χ4n) is 2.71. The van der Waals surface area contributed by atoms with Crippen LogP contribution in [-0.4, -0.2) is 33.2 Å². The van der Waals surface area contributed by atoms with Crippen molar-refractivity contribution in [3.05, 3.63) is 22.9 Å².